The first-order valence-corrected chi connectivity index (χ1v) is 7.57. The van der Waals surface area contributed by atoms with Crippen LogP contribution in [-0.4, -0.2) is 22.4 Å². The van der Waals surface area contributed by atoms with E-state index in [-0.39, 0.29) is 5.91 Å². The molecule has 19 heavy (non-hydrogen) atoms. The number of amides is 1. The molecule has 4 N–H and O–H groups in total. The van der Waals surface area contributed by atoms with Gasteiger partial charge < -0.3 is 16.4 Å². The van der Waals surface area contributed by atoms with E-state index in [0.717, 1.165) is 24.3 Å². The smallest absolute Gasteiger partial charge is 0.258 e. The van der Waals surface area contributed by atoms with Gasteiger partial charge in [0.15, 0.2) is 5.82 Å². The van der Waals surface area contributed by atoms with Gasteiger partial charge in [0.05, 0.1) is 0 Å². The van der Waals surface area contributed by atoms with Crippen molar-refractivity contribution in [3.05, 3.63) is 5.56 Å². The second kappa shape index (κ2) is 5.77. The minimum atomic E-state index is -0.104. The van der Waals surface area contributed by atoms with Crippen molar-refractivity contribution < 1.29 is 4.79 Å². The van der Waals surface area contributed by atoms with Crippen LogP contribution in [0.5, 0.6) is 0 Å². The molecule has 1 unspecified atom stereocenters. The molecule has 0 bridgehead atoms. The summed E-state index contributed by atoms with van der Waals surface area (Å²) in [5.41, 5.74) is 6.32. The number of hydrogen-bond donors (Lipinski definition) is 3. The standard InChI is InChI=1S/C13H22N4OS/c1-7(2)6-8(3)15-13-10(11(14)17-19-13)12(18)16-9-4-5-9/h7-9,15H,4-6H2,1-3H3,(H2,14,17)(H,16,18). The number of hydrogen-bond acceptors (Lipinski definition) is 5. The lowest BCUT2D eigenvalue weighted by atomic mass is 10.1. The Balaban J connectivity index is 2.05. The molecule has 0 radical (unpaired) electrons. The molecule has 0 aliphatic heterocycles. The number of carbonyl (C=O) groups is 1. The third-order valence-corrected chi connectivity index (χ3v) is 3.85. The van der Waals surface area contributed by atoms with Crippen LogP contribution in [-0.2, 0) is 0 Å². The Bertz CT molecular complexity index is 453. The molecular weight excluding hydrogens is 260 g/mol. The van der Waals surface area contributed by atoms with E-state index in [9.17, 15) is 4.79 Å². The minimum Gasteiger partial charge on any atom is -0.382 e. The van der Waals surface area contributed by atoms with E-state index in [2.05, 4.69) is 35.8 Å². The summed E-state index contributed by atoms with van der Waals surface area (Å²) in [4.78, 5) is 12.1. The van der Waals surface area contributed by atoms with Gasteiger partial charge in [-0.25, -0.2) is 0 Å². The van der Waals surface area contributed by atoms with Crippen LogP contribution in [0.15, 0.2) is 0 Å². The second-order valence-corrected chi connectivity index (χ2v) is 6.47. The molecular formula is C13H22N4OS. The summed E-state index contributed by atoms with van der Waals surface area (Å²) in [5, 5.41) is 7.09. The van der Waals surface area contributed by atoms with Gasteiger partial charge in [-0.15, -0.1) is 0 Å². The quantitative estimate of drug-likeness (QED) is 0.749. The highest BCUT2D eigenvalue weighted by Gasteiger charge is 2.27. The average Bonchev–Trinajstić information content (AvgIpc) is 3.01. The van der Waals surface area contributed by atoms with Crippen LogP contribution in [0, 0.1) is 5.92 Å². The van der Waals surface area contributed by atoms with Crippen LogP contribution in [0.1, 0.15) is 50.4 Å². The Kier molecular flexibility index (Phi) is 4.29. The first kappa shape index (κ1) is 14.1. The number of rotatable bonds is 6. The van der Waals surface area contributed by atoms with Crippen LogP contribution in [0.3, 0.4) is 0 Å². The molecule has 1 aliphatic carbocycles. The highest BCUT2D eigenvalue weighted by molar-refractivity contribution is 7.11. The van der Waals surface area contributed by atoms with E-state index < -0.39 is 0 Å². The first-order chi connectivity index (χ1) is 8.97. The number of aromatic nitrogens is 1. The zero-order valence-corrected chi connectivity index (χ0v) is 12.5. The summed E-state index contributed by atoms with van der Waals surface area (Å²) in [6.07, 6.45) is 3.17. The van der Waals surface area contributed by atoms with Crippen molar-refractivity contribution in [1.82, 2.24) is 9.69 Å². The zero-order chi connectivity index (χ0) is 14.0. The molecule has 1 atom stereocenters. The SMILES string of the molecule is CC(C)CC(C)Nc1snc(N)c1C(=O)NC1CC1. The predicted octanol–water partition coefficient (Wildman–Crippen LogP) is 2.46. The van der Waals surface area contributed by atoms with Gasteiger partial charge in [0.2, 0.25) is 0 Å². The van der Waals surface area contributed by atoms with Crippen LogP contribution >= 0.6 is 11.5 Å². The van der Waals surface area contributed by atoms with Gasteiger partial charge >= 0.3 is 0 Å². The lowest BCUT2D eigenvalue weighted by Crippen LogP contribution is -2.27. The molecule has 0 spiro atoms. The molecule has 106 valence electrons. The van der Waals surface area contributed by atoms with E-state index in [1.807, 2.05) is 0 Å². The molecule has 1 aliphatic rings. The van der Waals surface area contributed by atoms with Crippen molar-refractivity contribution in [2.75, 3.05) is 11.1 Å². The molecule has 5 nitrogen and oxygen atoms in total. The highest BCUT2D eigenvalue weighted by Crippen LogP contribution is 2.29. The minimum absolute atomic E-state index is 0.104. The number of nitrogens with zero attached hydrogens (tertiary/aromatic N) is 1. The molecule has 1 fully saturated rings. The van der Waals surface area contributed by atoms with Gasteiger partial charge in [0.1, 0.15) is 10.6 Å². The normalized spacial score (nSPS) is 16.4. The van der Waals surface area contributed by atoms with Gasteiger partial charge in [0.25, 0.3) is 5.91 Å². The fourth-order valence-electron chi connectivity index (χ4n) is 2.10. The van der Waals surface area contributed by atoms with E-state index in [1.165, 1.54) is 11.5 Å². The van der Waals surface area contributed by atoms with E-state index in [1.54, 1.807) is 0 Å². The summed E-state index contributed by atoms with van der Waals surface area (Å²) in [6, 6.07) is 0.625. The number of nitrogen functional groups attached to an aromatic ring is 1. The summed E-state index contributed by atoms with van der Waals surface area (Å²) >= 11 is 1.26. The van der Waals surface area contributed by atoms with Gasteiger partial charge in [-0.05, 0) is 43.6 Å². The number of carbonyl (C=O) groups excluding carboxylic acids is 1. The summed E-state index contributed by atoms with van der Waals surface area (Å²) in [5.74, 6) is 0.826. The Morgan fingerprint density at radius 2 is 2.16 bits per heavy atom. The molecule has 2 rings (SSSR count). The van der Waals surface area contributed by atoms with Gasteiger partial charge in [-0.1, -0.05) is 13.8 Å². The lowest BCUT2D eigenvalue weighted by molar-refractivity contribution is 0.0953. The van der Waals surface area contributed by atoms with Gasteiger partial charge in [-0.3, -0.25) is 4.79 Å². The summed E-state index contributed by atoms with van der Waals surface area (Å²) in [6.45, 7) is 6.47. The van der Waals surface area contributed by atoms with Crippen molar-refractivity contribution in [2.45, 2.75) is 52.1 Å². The van der Waals surface area contributed by atoms with E-state index in [4.69, 9.17) is 5.73 Å². The Labute approximate surface area is 118 Å². The van der Waals surface area contributed by atoms with E-state index >= 15 is 0 Å². The summed E-state index contributed by atoms with van der Waals surface area (Å²) < 4.78 is 4.09. The Hall–Kier alpha value is -1.30. The average molecular weight is 282 g/mol. The van der Waals surface area contributed by atoms with Crippen LogP contribution in [0.25, 0.3) is 0 Å². The molecule has 0 saturated heterocycles. The second-order valence-electron chi connectivity index (χ2n) is 5.69. The maximum atomic E-state index is 12.1. The van der Waals surface area contributed by atoms with Crippen molar-refractivity contribution >= 4 is 28.3 Å². The van der Waals surface area contributed by atoms with E-state index in [0.29, 0.717) is 29.4 Å². The summed E-state index contributed by atoms with van der Waals surface area (Å²) in [7, 11) is 0. The fraction of sp³-hybridized carbons (Fsp3) is 0.692. The molecule has 1 aromatic heterocycles. The largest absolute Gasteiger partial charge is 0.382 e. The maximum Gasteiger partial charge on any atom is 0.258 e. The van der Waals surface area contributed by atoms with Crippen molar-refractivity contribution in [1.29, 1.82) is 0 Å². The Morgan fingerprint density at radius 3 is 2.74 bits per heavy atom. The molecule has 1 aromatic rings. The molecule has 0 aromatic carbocycles. The first-order valence-electron chi connectivity index (χ1n) is 6.80. The fourth-order valence-corrected chi connectivity index (χ4v) is 2.92. The van der Waals surface area contributed by atoms with Crippen LogP contribution < -0.4 is 16.4 Å². The third-order valence-electron chi connectivity index (χ3n) is 3.06. The van der Waals surface area contributed by atoms with Gasteiger partial charge in [0, 0.05) is 12.1 Å². The monoisotopic (exact) mass is 282 g/mol. The van der Waals surface area contributed by atoms with Crippen LogP contribution in [0.2, 0.25) is 0 Å². The molecule has 1 saturated carbocycles. The third kappa shape index (κ3) is 3.83. The van der Waals surface area contributed by atoms with Crippen LogP contribution in [0.4, 0.5) is 10.8 Å². The highest BCUT2D eigenvalue weighted by atomic mass is 32.1. The molecule has 6 heteroatoms. The number of nitrogens with one attached hydrogen (secondary N) is 2. The zero-order valence-electron chi connectivity index (χ0n) is 11.7. The van der Waals surface area contributed by atoms with Crippen molar-refractivity contribution in [2.24, 2.45) is 5.92 Å². The van der Waals surface area contributed by atoms with Gasteiger partial charge in [-0.2, -0.15) is 4.37 Å². The number of nitrogens with two attached hydrogens (primary N) is 1. The Morgan fingerprint density at radius 1 is 1.47 bits per heavy atom. The van der Waals surface area contributed by atoms with Crippen molar-refractivity contribution in [3.8, 4) is 0 Å². The number of anilines is 2. The lowest BCUT2D eigenvalue weighted by Gasteiger charge is -2.16. The molecule has 1 amide bonds. The topological polar surface area (TPSA) is 80.0 Å². The molecule has 1 heterocycles. The maximum absolute atomic E-state index is 12.1. The predicted molar refractivity (Wildman–Crippen MR) is 79.6 cm³/mol. The van der Waals surface area contributed by atoms with Crippen molar-refractivity contribution in [3.63, 3.8) is 0 Å².